The Morgan fingerprint density at radius 2 is 1.68 bits per heavy atom. The Morgan fingerprint density at radius 3 is 2.42 bits per heavy atom. The van der Waals surface area contributed by atoms with Crippen molar-refractivity contribution >= 4 is 29.1 Å². The van der Waals surface area contributed by atoms with E-state index in [4.69, 9.17) is 9.57 Å². The zero-order chi connectivity index (χ0) is 27.2. The molecule has 11 nitrogen and oxygen atoms in total. The number of carbonyl (C=O) groups is 2. The fourth-order valence-electron chi connectivity index (χ4n) is 4.50. The van der Waals surface area contributed by atoms with Crippen LogP contribution in [0.5, 0.6) is 0 Å². The minimum absolute atomic E-state index is 0.0383. The number of pyridine rings is 1. The van der Waals surface area contributed by atoms with Gasteiger partial charge in [0.2, 0.25) is 5.91 Å². The van der Waals surface area contributed by atoms with Gasteiger partial charge >= 0.3 is 6.09 Å². The van der Waals surface area contributed by atoms with Crippen LogP contribution in [-0.2, 0) is 14.4 Å². The Balaban J connectivity index is 1.35. The highest BCUT2D eigenvalue weighted by atomic mass is 16.7. The van der Waals surface area contributed by atoms with Gasteiger partial charge in [0.05, 0.1) is 6.04 Å². The van der Waals surface area contributed by atoms with Crippen molar-refractivity contribution in [1.29, 1.82) is 0 Å². The first-order valence-corrected chi connectivity index (χ1v) is 13.6. The lowest BCUT2D eigenvalue weighted by Gasteiger charge is -2.33. The van der Waals surface area contributed by atoms with Gasteiger partial charge < -0.3 is 20.7 Å². The molecule has 3 N–H and O–H groups in total. The molecule has 1 aromatic carbocycles. The molecule has 11 heteroatoms. The maximum atomic E-state index is 12.9. The molecule has 1 aliphatic rings. The molecule has 0 bridgehead atoms. The predicted octanol–water partition coefficient (Wildman–Crippen LogP) is 3.62. The molecule has 1 saturated carbocycles. The summed E-state index contributed by atoms with van der Waals surface area (Å²) in [5, 5.41) is 10.1. The molecule has 0 unspecified atom stereocenters. The van der Waals surface area contributed by atoms with Crippen molar-refractivity contribution in [1.82, 2.24) is 15.4 Å². The minimum atomic E-state index is -0.525. The molecule has 2 amide bonds. The molecule has 1 aromatic heterocycles. The van der Waals surface area contributed by atoms with E-state index in [9.17, 15) is 19.2 Å². The number of anilines is 3. The van der Waals surface area contributed by atoms with Crippen molar-refractivity contribution in [3.8, 4) is 0 Å². The fourth-order valence-corrected chi connectivity index (χ4v) is 4.50. The highest BCUT2D eigenvalue weighted by Crippen LogP contribution is 2.24. The van der Waals surface area contributed by atoms with Crippen LogP contribution >= 0.6 is 0 Å². The number of rotatable bonds is 16. The number of hydrogen-bond donors (Lipinski definition) is 3. The molecule has 0 spiro atoms. The molecule has 208 valence electrons. The number of amides is 2. The Labute approximate surface area is 222 Å². The van der Waals surface area contributed by atoms with Crippen LogP contribution in [0.4, 0.5) is 21.9 Å². The number of carbonyl (C=O) groups excluding carboxylic acids is 2. The van der Waals surface area contributed by atoms with Crippen molar-refractivity contribution in [3.63, 3.8) is 0 Å². The molecule has 0 atom stereocenters. The summed E-state index contributed by atoms with van der Waals surface area (Å²) in [5.41, 5.74) is 0.264. The number of unbranched alkanes of at least 4 members (excludes halogenated alkanes) is 3. The molecule has 0 aliphatic heterocycles. The number of nitrogens with one attached hydrogen (secondary N) is 3. The SMILES string of the molecule is CCNC(=O)OCCON(C(=O)CCCCCCNc1c(Nc2ccncc2)c(=O)c1=O)C1CCCCC1. The van der Waals surface area contributed by atoms with E-state index in [-0.39, 0.29) is 30.9 Å². The highest BCUT2D eigenvalue weighted by molar-refractivity contribution is 5.78. The molecule has 1 aliphatic carbocycles. The summed E-state index contributed by atoms with van der Waals surface area (Å²) in [6.07, 6.45) is 11.6. The summed E-state index contributed by atoms with van der Waals surface area (Å²) < 4.78 is 5.05. The van der Waals surface area contributed by atoms with E-state index in [2.05, 4.69) is 20.9 Å². The first-order valence-electron chi connectivity index (χ1n) is 13.6. The van der Waals surface area contributed by atoms with Crippen LogP contribution in [0.25, 0.3) is 0 Å². The second-order valence-corrected chi connectivity index (χ2v) is 9.37. The minimum Gasteiger partial charge on any atom is -0.447 e. The predicted molar refractivity (Wildman–Crippen MR) is 145 cm³/mol. The number of nitrogens with zero attached hydrogens (tertiary/aromatic N) is 2. The monoisotopic (exact) mass is 529 g/mol. The van der Waals surface area contributed by atoms with E-state index < -0.39 is 17.0 Å². The van der Waals surface area contributed by atoms with Gasteiger partial charge in [0.25, 0.3) is 10.9 Å². The van der Waals surface area contributed by atoms with Crippen molar-refractivity contribution in [2.75, 3.05) is 36.9 Å². The molecular formula is C27H39N5O6. The van der Waals surface area contributed by atoms with Crippen LogP contribution in [0, 0.1) is 0 Å². The van der Waals surface area contributed by atoms with Gasteiger partial charge in [-0.1, -0.05) is 32.1 Å². The van der Waals surface area contributed by atoms with Crippen LogP contribution in [0.3, 0.4) is 0 Å². The van der Waals surface area contributed by atoms with E-state index in [0.29, 0.717) is 30.9 Å². The average Bonchev–Trinajstić information content (AvgIpc) is 2.94. The van der Waals surface area contributed by atoms with E-state index >= 15 is 0 Å². The summed E-state index contributed by atoms with van der Waals surface area (Å²) in [5.74, 6) is -0.0383. The van der Waals surface area contributed by atoms with Crippen LogP contribution in [0.15, 0.2) is 34.1 Å². The van der Waals surface area contributed by atoms with Crippen LogP contribution < -0.4 is 26.8 Å². The normalized spacial score (nSPS) is 13.7. The van der Waals surface area contributed by atoms with Crippen LogP contribution in [0.1, 0.15) is 71.1 Å². The number of aromatic nitrogens is 1. The van der Waals surface area contributed by atoms with Gasteiger partial charge in [-0.25, -0.2) is 9.86 Å². The Morgan fingerprint density at radius 1 is 0.974 bits per heavy atom. The van der Waals surface area contributed by atoms with E-state index in [1.54, 1.807) is 24.5 Å². The lowest BCUT2D eigenvalue weighted by Crippen LogP contribution is -2.42. The van der Waals surface area contributed by atoms with E-state index in [0.717, 1.165) is 51.4 Å². The van der Waals surface area contributed by atoms with Crippen molar-refractivity contribution in [2.24, 2.45) is 0 Å². The molecule has 1 fully saturated rings. The molecule has 2 aromatic rings. The van der Waals surface area contributed by atoms with Crippen molar-refractivity contribution in [3.05, 3.63) is 45.0 Å². The topological polar surface area (TPSA) is 139 Å². The van der Waals surface area contributed by atoms with Crippen molar-refractivity contribution < 1.29 is 19.2 Å². The zero-order valence-corrected chi connectivity index (χ0v) is 22.1. The van der Waals surface area contributed by atoms with Gasteiger partial charge in [-0.15, -0.1) is 0 Å². The van der Waals surface area contributed by atoms with Gasteiger partial charge in [-0.2, -0.15) is 0 Å². The van der Waals surface area contributed by atoms with Gasteiger partial charge in [0.1, 0.15) is 24.6 Å². The van der Waals surface area contributed by atoms with Gasteiger partial charge in [0.15, 0.2) is 0 Å². The summed E-state index contributed by atoms with van der Waals surface area (Å²) >= 11 is 0. The smallest absolute Gasteiger partial charge is 0.407 e. The third kappa shape index (κ3) is 8.83. The molecular weight excluding hydrogens is 490 g/mol. The molecule has 1 heterocycles. The lowest BCUT2D eigenvalue weighted by molar-refractivity contribution is -0.206. The number of ether oxygens (including phenoxy) is 1. The van der Waals surface area contributed by atoms with Gasteiger partial charge in [0, 0.05) is 37.6 Å². The molecule has 0 radical (unpaired) electrons. The number of hydroxylamine groups is 2. The van der Waals surface area contributed by atoms with Gasteiger partial charge in [-0.05, 0) is 44.7 Å². The second kappa shape index (κ2) is 15.7. The standard InChI is InChI=1S/C27H39N5O6/c1-2-29-27(36)37-18-19-38-32(21-10-6-5-7-11-21)22(33)12-8-3-4-9-15-30-23-24(26(35)25(23)34)31-20-13-16-28-17-14-20/h13-14,16-17,21,30H,2-12,15,18-19H2,1H3,(H,28,31)(H,29,36). The zero-order valence-electron chi connectivity index (χ0n) is 22.1. The Hall–Kier alpha value is -3.47. The molecule has 38 heavy (non-hydrogen) atoms. The largest absolute Gasteiger partial charge is 0.447 e. The van der Waals surface area contributed by atoms with Crippen LogP contribution in [0.2, 0.25) is 0 Å². The van der Waals surface area contributed by atoms with E-state index in [1.807, 2.05) is 6.92 Å². The molecule has 0 saturated heterocycles. The fraction of sp³-hybridized carbons (Fsp3) is 0.593. The Bertz CT molecular complexity index is 1080. The van der Waals surface area contributed by atoms with E-state index in [1.165, 1.54) is 11.5 Å². The highest BCUT2D eigenvalue weighted by Gasteiger charge is 2.26. The second-order valence-electron chi connectivity index (χ2n) is 9.37. The molecule has 3 rings (SSSR count). The quantitative estimate of drug-likeness (QED) is 0.169. The first-order chi connectivity index (χ1) is 18.5. The van der Waals surface area contributed by atoms with Crippen LogP contribution in [-0.4, -0.2) is 54.4 Å². The maximum Gasteiger partial charge on any atom is 0.407 e. The van der Waals surface area contributed by atoms with Crippen molar-refractivity contribution in [2.45, 2.75) is 77.2 Å². The number of hydrogen-bond acceptors (Lipinski definition) is 9. The summed E-state index contributed by atoms with van der Waals surface area (Å²) in [6, 6.07) is 3.51. The summed E-state index contributed by atoms with van der Waals surface area (Å²) in [4.78, 5) is 58.0. The Kier molecular flexibility index (Phi) is 12.0. The van der Waals surface area contributed by atoms with Gasteiger partial charge in [-0.3, -0.25) is 24.2 Å². The lowest BCUT2D eigenvalue weighted by atomic mass is 9.95. The third-order valence-corrected chi connectivity index (χ3v) is 6.50. The summed E-state index contributed by atoms with van der Waals surface area (Å²) in [6.45, 7) is 3.08. The summed E-state index contributed by atoms with van der Waals surface area (Å²) in [7, 11) is 0. The first kappa shape index (κ1) is 29.1. The number of alkyl carbamates (subject to hydrolysis) is 1. The maximum absolute atomic E-state index is 12.9. The average molecular weight is 530 g/mol. The third-order valence-electron chi connectivity index (χ3n) is 6.50.